The fourth-order valence-electron chi connectivity index (χ4n) is 1.97. The van der Waals surface area contributed by atoms with Crippen molar-refractivity contribution in [2.24, 2.45) is 0 Å². The van der Waals surface area contributed by atoms with Crippen molar-refractivity contribution >= 4 is 5.91 Å². The molecule has 0 aliphatic carbocycles. The molecule has 0 aromatic heterocycles. The molecule has 1 rings (SSSR count). The molecule has 0 spiro atoms. The lowest BCUT2D eigenvalue weighted by molar-refractivity contribution is -0.128. The van der Waals surface area contributed by atoms with Crippen LogP contribution in [0.2, 0.25) is 0 Å². The van der Waals surface area contributed by atoms with Gasteiger partial charge in [0.05, 0.1) is 12.1 Å². The van der Waals surface area contributed by atoms with Crippen LogP contribution < -0.4 is 5.32 Å². The molecule has 1 fully saturated rings. The van der Waals surface area contributed by atoms with E-state index in [9.17, 15) is 9.90 Å². The Hall–Kier alpha value is -0.610. The van der Waals surface area contributed by atoms with E-state index >= 15 is 0 Å². The van der Waals surface area contributed by atoms with Gasteiger partial charge < -0.3 is 10.4 Å². The Balaban J connectivity index is 2.46. The minimum absolute atomic E-state index is 0.0910. The number of rotatable bonds is 4. The van der Waals surface area contributed by atoms with E-state index in [1.54, 1.807) is 0 Å². The summed E-state index contributed by atoms with van der Waals surface area (Å²) in [6.07, 6.45) is 2.28. The number of carbonyl (C=O) groups is 1. The lowest BCUT2D eigenvalue weighted by Gasteiger charge is -2.35. The quantitative estimate of drug-likeness (QED) is 0.777. The second-order valence-electron chi connectivity index (χ2n) is 5.67. The molecule has 1 heterocycles. The maximum Gasteiger partial charge on any atom is 0.237 e. The van der Waals surface area contributed by atoms with E-state index in [-0.39, 0.29) is 23.6 Å². The largest absolute Gasteiger partial charge is 0.393 e. The van der Waals surface area contributed by atoms with Gasteiger partial charge in [-0.1, -0.05) is 6.92 Å². The van der Waals surface area contributed by atoms with Gasteiger partial charge in [0.15, 0.2) is 0 Å². The Morgan fingerprint density at radius 2 is 2.00 bits per heavy atom. The first kappa shape index (κ1) is 14.5. The normalized spacial score (nSPS) is 21.2. The number of aliphatic hydroxyl groups excluding tert-OH is 1. The summed E-state index contributed by atoms with van der Waals surface area (Å²) in [6.45, 7) is 9.71. The van der Waals surface area contributed by atoms with Crippen LogP contribution in [-0.2, 0) is 4.79 Å². The molecule has 2 N–H and O–H groups in total. The summed E-state index contributed by atoms with van der Waals surface area (Å²) in [6, 6.07) is -0.103. The van der Waals surface area contributed by atoms with Crippen LogP contribution in [0.3, 0.4) is 0 Å². The van der Waals surface area contributed by atoms with Gasteiger partial charge in [0.25, 0.3) is 0 Å². The van der Waals surface area contributed by atoms with E-state index in [1.807, 2.05) is 20.8 Å². The maximum absolute atomic E-state index is 12.1. The number of hydrogen-bond donors (Lipinski definition) is 2. The molecule has 0 radical (unpaired) electrons. The van der Waals surface area contributed by atoms with Crippen molar-refractivity contribution in [1.29, 1.82) is 0 Å². The zero-order valence-electron chi connectivity index (χ0n) is 11.5. The standard InChI is InChI=1S/C13H26N2O2/c1-5-13(3,4)14-12(17)10(2)15-8-6-11(16)7-9-15/h10-11,16H,5-9H2,1-4H3,(H,14,17). The highest BCUT2D eigenvalue weighted by Gasteiger charge is 2.28. The number of aliphatic hydroxyl groups is 1. The molecule has 1 atom stereocenters. The summed E-state index contributed by atoms with van der Waals surface area (Å²) in [4.78, 5) is 14.2. The van der Waals surface area contributed by atoms with Crippen LogP contribution in [-0.4, -0.2) is 46.7 Å². The molecule has 100 valence electrons. The number of hydrogen-bond acceptors (Lipinski definition) is 3. The Morgan fingerprint density at radius 3 is 2.47 bits per heavy atom. The molecule has 1 unspecified atom stereocenters. The third kappa shape index (κ3) is 4.28. The van der Waals surface area contributed by atoms with Crippen LogP contribution >= 0.6 is 0 Å². The van der Waals surface area contributed by atoms with Crippen LogP contribution in [0.1, 0.15) is 47.0 Å². The van der Waals surface area contributed by atoms with Gasteiger partial charge in [0, 0.05) is 18.6 Å². The van der Waals surface area contributed by atoms with Gasteiger partial charge in [-0.15, -0.1) is 0 Å². The van der Waals surface area contributed by atoms with Crippen LogP contribution in [0.15, 0.2) is 0 Å². The molecule has 0 bridgehead atoms. The Bertz CT molecular complexity index is 258. The smallest absolute Gasteiger partial charge is 0.237 e. The molecule has 4 nitrogen and oxygen atoms in total. The summed E-state index contributed by atoms with van der Waals surface area (Å²) in [5, 5.41) is 12.5. The van der Waals surface area contributed by atoms with Crippen molar-refractivity contribution in [2.45, 2.75) is 64.6 Å². The third-order valence-electron chi connectivity index (χ3n) is 3.77. The molecule has 17 heavy (non-hydrogen) atoms. The first-order valence-electron chi connectivity index (χ1n) is 6.60. The third-order valence-corrected chi connectivity index (χ3v) is 3.77. The number of nitrogens with zero attached hydrogens (tertiary/aromatic N) is 1. The van der Waals surface area contributed by atoms with Crippen molar-refractivity contribution in [3.63, 3.8) is 0 Å². The van der Waals surface area contributed by atoms with E-state index in [0.717, 1.165) is 32.4 Å². The first-order chi connectivity index (χ1) is 7.85. The summed E-state index contributed by atoms with van der Waals surface area (Å²) >= 11 is 0. The Labute approximate surface area is 104 Å². The molecule has 0 aromatic carbocycles. The van der Waals surface area contributed by atoms with E-state index in [0.29, 0.717) is 0 Å². The molecule has 1 aliphatic heterocycles. The summed E-state index contributed by atoms with van der Waals surface area (Å²) in [7, 11) is 0. The average Bonchev–Trinajstić information content (AvgIpc) is 2.28. The molecular weight excluding hydrogens is 216 g/mol. The summed E-state index contributed by atoms with van der Waals surface area (Å²) < 4.78 is 0. The zero-order chi connectivity index (χ0) is 13.1. The zero-order valence-corrected chi connectivity index (χ0v) is 11.5. The van der Waals surface area contributed by atoms with Gasteiger partial charge in [0.2, 0.25) is 5.91 Å². The van der Waals surface area contributed by atoms with E-state index in [4.69, 9.17) is 0 Å². The summed E-state index contributed by atoms with van der Waals surface area (Å²) in [5.74, 6) is 0.0910. The van der Waals surface area contributed by atoms with E-state index in [2.05, 4.69) is 17.1 Å². The second-order valence-corrected chi connectivity index (χ2v) is 5.67. The minimum atomic E-state index is -0.186. The Kier molecular flexibility index (Phi) is 4.95. The highest BCUT2D eigenvalue weighted by atomic mass is 16.3. The monoisotopic (exact) mass is 242 g/mol. The highest BCUT2D eigenvalue weighted by Crippen LogP contribution is 2.14. The fourth-order valence-corrected chi connectivity index (χ4v) is 1.97. The lowest BCUT2D eigenvalue weighted by atomic mass is 10.0. The second kappa shape index (κ2) is 5.83. The van der Waals surface area contributed by atoms with Crippen LogP contribution in [0, 0.1) is 0 Å². The van der Waals surface area contributed by atoms with Gasteiger partial charge in [-0.25, -0.2) is 0 Å². The summed E-state index contributed by atoms with van der Waals surface area (Å²) in [5.41, 5.74) is -0.138. The molecule has 0 saturated carbocycles. The number of amides is 1. The number of nitrogens with one attached hydrogen (secondary N) is 1. The molecule has 0 aromatic rings. The minimum Gasteiger partial charge on any atom is -0.393 e. The van der Waals surface area contributed by atoms with Gasteiger partial charge >= 0.3 is 0 Å². The van der Waals surface area contributed by atoms with Crippen LogP contribution in [0.5, 0.6) is 0 Å². The van der Waals surface area contributed by atoms with Gasteiger partial charge in [-0.2, -0.15) is 0 Å². The molecular formula is C13H26N2O2. The predicted molar refractivity (Wildman–Crippen MR) is 68.8 cm³/mol. The predicted octanol–water partition coefficient (Wildman–Crippen LogP) is 1.14. The van der Waals surface area contributed by atoms with Crippen LogP contribution in [0.4, 0.5) is 0 Å². The number of likely N-dealkylation sites (tertiary alicyclic amines) is 1. The van der Waals surface area contributed by atoms with Gasteiger partial charge in [-0.05, 0) is 40.0 Å². The van der Waals surface area contributed by atoms with Crippen molar-refractivity contribution in [3.05, 3.63) is 0 Å². The Morgan fingerprint density at radius 1 is 1.47 bits per heavy atom. The van der Waals surface area contributed by atoms with Crippen molar-refractivity contribution < 1.29 is 9.90 Å². The van der Waals surface area contributed by atoms with Crippen molar-refractivity contribution in [2.75, 3.05) is 13.1 Å². The number of carbonyl (C=O) groups excluding carboxylic acids is 1. The highest BCUT2D eigenvalue weighted by molar-refractivity contribution is 5.82. The van der Waals surface area contributed by atoms with E-state index < -0.39 is 0 Å². The molecule has 1 aliphatic rings. The fraction of sp³-hybridized carbons (Fsp3) is 0.923. The van der Waals surface area contributed by atoms with Crippen LogP contribution in [0.25, 0.3) is 0 Å². The SMILES string of the molecule is CCC(C)(C)NC(=O)C(C)N1CCC(O)CC1. The molecule has 1 amide bonds. The maximum atomic E-state index is 12.1. The first-order valence-corrected chi connectivity index (χ1v) is 6.60. The lowest BCUT2D eigenvalue weighted by Crippen LogP contribution is -2.53. The number of piperidine rings is 1. The molecule has 4 heteroatoms. The van der Waals surface area contributed by atoms with Gasteiger partial charge in [-0.3, -0.25) is 9.69 Å². The topological polar surface area (TPSA) is 52.6 Å². The average molecular weight is 242 g/mol. The van der Waals surface area contributed by atoms with E-state index in [1.165, 1.54) is 0 Å². The van der Waals surface area contributed by atoms with Crippen molar-refractivity contribution in [1.82, 2.24) is 10.2 Å². The van der Waals surface area contributed by atoms with Gasteiger partial charge in [0.1, 0.15) is 0 Å². The molecule has 1 saturated heterocycles. The van der Waals surface area contributed by atoms with Crippen molar-refractivity contribution in [3.8, 4) is 0 Å².